The molecule has 1 aliphatic heterocycles. The molecule has 0 saturated carbocycles. The number of benzene rings is 1. The number of alkyl halides is 3. The Morgan fingerprint density at radius 1 is 1.07 bits per heavy atom. The first-order chi connectivity index (χ1) is 19.7. The Balaban J connectivity index is 1.22. The second-order valence-electron chi connectivity index (χ2n) is 9.84. The maximum atomic E-state index is 14.0. The summed E-state index contributed by atoms with van der Waals surface area (Å²) in [6, 6.07) is 6.50. The molecule has 4 aromatic heterocycles. The molecular weight excluding hydrogens is 539 g/mol. The maximum Gasteiger partial charge on any atom is 0.416 e. The zero-order valence-electron chi connectivity index (χ0n) is 21.9. The van der Waals surface area contributed by atoms with Crippen LogP contribution in [-0.2, 0) is 12.7 Å². The van der Waals surface area contributed by atoms with Crippen LogP contribution in [0.25, 0.3) is 28.1 Å². The minimum atomic E-state index is -4.57. The first-order valence-electron chi connectivity index (χ1n) is 12.8. The molecule has 1 aliphatic rings. The Labute approximate surface area is 231 Å². The number of hydrogen-bond donors (Lipinski definition) is 4. The topological polar surface area (TPSA) is 145 Å². The van der Waals surface area contributed by atoms with Crippen molar-refractivity contribution in [2.45, 2.75) is 12.7 Å². The van der Waals surface area contributed by atoms with Crippen molar-refractivity contribution >= 4 is 39.9 Å². The van der Waals surface area contributed by atoms with Crippen molar-refractivity contribution in [3.63, 3.8) is 0 Å². The van der Waals surface area contributed by atoms with E-state index in [1.165, 1.54) is 18.5 Å². The molecule has 212 valence electrons. The third-order valence-corrected chi connectivity index (χ3v) is 7.10. The van der Waals surface area contributed by atoms with Crippen molar-refractivity contribution in [3.8, 4) is 11.4 Å². The minimum Gasteiger partial charge on any atom is -0.383 e. The number of halogens is 3. The van der Waals surface area contributed by atoms with Crippen LogP contribution in [0, 0.1) is 0 Å². The van der Waals surface area contributed by atoms with Crippen molar-refractivity contribution < 1.29 is 18.0 Å². The molecule has 0 atom stereocenters. The number of imidazole rings is 1. The fourth-order valence-electron chi connectivity index (χ4n) is 4.97. The normalized spacial score (nSPS) is 15.0. The Hall–Kier alpha value is -4.76. The summed E-state index contributed by atoms with van der Waals surface area (Å²) in [6.07, 6.45) is -0.0111. The molecule has 15 heteroatoms. The van der Waals surface area contributed by atoms with Gasteiger partial charge in [-0.3, -0.25) is 14.4 Å². The van der Waals surface area contributed by atoms with Gasteiger partial charge in [0.1, 0.15) is 12.1 Å². The van der Waals surface area contributed by atoms with Crippen LogP contribution in [0.1, 0.15) is 11.1 Å². The highest BCUT2D eigenvalue weighted by molar-refractivity contribution is 6.03. The molecule has 5 heterocycles. The third kappa shape index (κ3) is 5.24. The second-order valence-corrected chi connectivity index (χ2v) is 9.84. The molecule has 2 amide bonds. The van der Waals surface area contributed by atoms with Gasteiger partial charge in [0.15, 0.2) is 11.3 Å². The fourth-order valence-corrected chi connectivity index (χ4v) is 4.97. The Morgan fingerprint density at radius 3 is 2.66 bits per heavy atom. The van der Waals surface area contributed by atoms with Crippen LogP contribution in [0.15, 0.2) is 49.1 Å². The molecule has 0 spiro atoms. The summed E-state index contributed by atoms with van der Waals surface area (Å²) in [7, 11) is 1.99. The van der Waals surface area contributed by atoms with Crippen LogP contribution < -0.4 is 16.4 Å². The zero-order valence-corrected chi connectivity index (χ0v) is 21.9. The highest BCUT2D eigenvalue weighted by atomic mass is 19.4. The van der Waals surface area contributed by atoms with Gasteiger partial charge < -0.3 is 21.3 Å². The van der Waals surface area contributed by atoms with Gasteiger partial charge in [0.2, 0.25) is 0 Å². The van der Waals surface area contributed by atoms with E-state index in [1.807, 2.05) is 11.9 Å². The molecule has 1 saturated heterocycles. The van der Waals surface area contributed by atoms with E-state index in [0.717, 1.165) is 19.2 Å². The lowest BCUT2D eigenvalue weighted by atomic mass is 10.0. The summed E-state index contributed by atoms with van der Waals surface area (Å²) in [5.74, 6) is 0.251. The maximum absolute atomic E-state index is 14.0. The average molecular weight is 566 g/mol. The molecule has 0 radical (unpaired) electrons. The van der Waals surface area contributed by atoms with E-state index in [-0.39, 0.29) is 23.6 Å². The lowest BCUT2D eigenvalue weighted by molar-refractivity contribution is -0.138. The van der Waals surface area contributed by atoms with E-state index in [9.17, 15) is 18.0 Å². The number of H-pyrrole nitrogens is 1. The summed E-state index contributed by atoms with van der Waals surface area (Å²) in [5.41, 5.74) is 7.80. The van der Waals surface area contributed by atoms with Crippen LogP contribution in [0.2, 0.25) is 0 Å². The van der Waals surface area contributed by atoms with E-state index in [1.54, 1.807) is 28.9 Å². The molecule has 0 aliphatic carbocycles. The van der Waals surface area contributed by atoms with Crippen LogP contribution in [-0.4, -0.2) is 78.6 Å². The number of nitrogen functional groups attached to an aromatic ring is 1. The number of aromatic amines is 1. The molecule has 12 nitrogen and oxygen atoms in total. The molecule has 1 fully saturated rings. The van der Waals surface area contributed by atoms with Gasteiger partial charge >= 0.3 is 12.2 Å². The number of nitrogens with zero attached hydrogens (tertiary/aromatic N) is 7. The SMILES string of the molecule is CN1CCN(Cc2ccc(NC(=O)Nc3ccc(-c4[nH]nc5ncnc(N)c45)n4ccnc34)cc2C(F)(F)F)CC1. The number of pyridine rings is 1. The van der Waals surface area contributed by atoms with E-state index in [4.69, 9.17) is 5.73 Å². The molecule has 41 heavy (non-hydrogen) atoms. The van der Waals surface area contributed by atoms with Gasteiger partial charge in [-0.15, -0.1) is 0 Å². The van der Waals surface area contributed by atoms with Crippen LogP contribution in [0.4, 0.5) is 35.2 Å². The standard InChI is InChI=1S/C26H26F3N11O/c1-38-8-10-39(11-9-38)13-15-2-3-16(12-17(15)26(27,28)29)34-25(41)35-18-4-5-19(40-7-6-31-24(18)40)21-20-22(30)32-14-33-23(20)37-36-21/h2-7,12,14H,8-11,13H2,1H3,(H2,34,35,41)(H3,30,32,33,36,37). The first-order valence-corrected chi connectivity index (χ1v) is 12.8. The summed E-state index contributed by atoms with van der Waals surface area (Å²) >= 11 is 0. The van der Waals surface area contributed by atoms with Crippen molar-refractivity contribution in [1.29, 1.82) is 0 Å². The Bertz CT molecular complexity index is 1740. The molecule has 0 unspecified atom stereocenters. The molecule has 6 rings (SSSR count). The summed E-state index contributed by atoms with van der Waals surface area (Å²) < 4.78 is 43.6. The molecule has 5 aromatic rings. The highest BCUT2D eigenvalue weighted by Gasteiger charge is 2.34. The number of hydrogen-bond acceptors (Lipinski definition) is 8. The number of fused-ring (bicyclic) bond motifs is 2. The summed E-state index contributed by atoms with van der Waals surface area (Å²) in [5, 5.41) is 12.8. The van der Waals surface area contributed by atoms with Gasteiger partial charge in [0, 0.05) is 50.8 Å². The van der Waals surface area contributed by atoms with Crippen LogP contribution >= 0.6 is 0 Å². The van der Waals surface area contributed by atoms with E-state index in [2.05, 4.69) is 40.7 Å². The van der Waals surface area contributed by atoms with Gasteiger partial charge in [0.25, 0.3) is 0 Å². The van der Waals surface area contributed by atoms with Gasteiger partial charge in [-0.25, -0.2) is 19.7 Å². The summed E-state index contributed by atoms with van der Waals surface area (Å²) in [4.78, 5) is 29.5. The van der Waals surface area contributed by atoms with Gasteiger partial charge in [-0.1, -0.05) is 6.07 Å². The Kier molecular flexibility index (Phi) is 6.67. The van der Waals surface area contributed by atoms with Gasteiger partial charge in [0.05, 0.1) is 28.0 Å². The van der Waals surface area contributed by atoms with Crippen molar-refractivity contribution in [3.05, 3.63) is 60.2 Å². The smallest absolute Gasteiger partial charge is 0.383 e. The van der Waals surface area contributed by atoms with Gasteiger partial charge in [-0.05, 0) is 36.9 Å². The Morgan fingerprint density at radius 2 is 1.88 bits per heavy atom. The number of nitrogens with two attached hydrogens (primary N) is 1. The second kappa shape index (κ2) is 10.3. The average Bonchev–Trinajstić information content (AvgIpc) is 3.59. The zero-order chi connectivity index (χ0) is 28.7. The fraction of sp³-hybridized carbons (Fsp3) is 0.269. The number of nitrogens with one attached hydrogen (secondary N) is 3. The van der Waals surface area contributed by atoms with E-state index >= 15 is 0 Å². The number of rotatable bonds is 5. The number of anilines is 3. The minimum absolute atomic E-state index is 0.0207. The summed E-state index contributed by atoms with van der Waals surface area (Å²) in [6.45, 7) is 3.16. The number of aromatic nitrogens is 6. The molecule has 1 aromatic carbocycles. The van der Waals surface area contributed by atoms with Crippen molar-refractivity contribution in [2.75, 3.05) is 49.6 Å². The highest BCUT2D eigenvalue weighted by Crippen LogP contribution is 2.35. The predicted molar refractivity (Wildman–Crippen MR) is 147 cm³/mol. The van der Waals surface area contributed by atoms with Gasteiger partial charge in [-0.2, -0.15) is 18.3 Å². The molecule has 5 N–H and O–H groups in total. The number of amides is 2. The van der Waals surface area contributed by atoms with E-state index in [0.29, 0.717) is 46.8 Å². The lowest BCUT2D eigenvalue weighted by Gasteiger charge is -2.33. The number of urea groups is 1. The third-order valence-electron chi connectivity index (χ3n) is 7.10. The van der Waals surface area contributed by atoms with E-state index < -0.39 is 17.8 Å². The lowest BCUT2D eigenvalue weighted by Crippen LogP contribution is -2.44. The largest absolute Gasteiger partial charge is 0.416 e. The number of carbonyl (C=O) groups is 1. The first kappa shape index (κ1) is 26.5. The number of piperazine rings is 1. The number of likely N-dealkylation sites (N-methyl/N-ethyl adjacent to an activating group) is 1. The molecular formula is C26H26F3N11O. The molecule has 0 bridgehead atoms. The van der Waals surface area contributed by atoms with Crippen LogP contribution in [0.3, 0.4) is 0 Å². The van der Waals surface area contributed by atoms with Crippen molar-refractivity contribution in [2.24, 2.45) is 0 Å². The monoisotopic (exact) mass is 565 g/mol. The number of carbonyl (C=O) groups excluding carboxylic acids is 1. The quantitative estimate of drug-likeness (QED) is 0.253. The van der Waals surface area contributed by atoms with Crippen molar-refractivity contribution in [1.82, 2.24) is 39.3 Å². The predicted octanol–water partition coefficient (Wildman–Crippen LogP) is 3.66. The van der Waals surface area contributed by atoms with Crippen LogP contribution in [0.5, 0.6) is 0 Å².